The van der Waals surface area contributed by atoms with Crippen molar-refractivity contribution in [1.29, 1.82) is 0 Å². The van der Waals surface area contributed by atoms with Crippen LogP contribution in [-0.4, -0.2) is 72.6 Å². The first kappa shape index (κ1) is 17.3. The van der Waals surface area contributed by atoms with E-state index in [0.717, 1.165) is 29.3 Å². The smallest absolute Gasteiger partial charge is 0.0113 e. The lowest BCUT2D eigenvalue weighted by atomic mass is 9.92. The lowest BCUT2D eigenvalue weighted by Gasteiger charge is -2.40. The van der Waals surface area contributed by atoms with E-state index in [1.165, 1.54) is 84.3 Å². The predicted octanol–water partition coefficient (Wildman–Crippen LogP) is 3.30. The molecule has 2 heterocycles. The summed E-state index contributed by atoms with van der Waals surface area (Å²) in [6.45, 7) is 16.5. The molecule has 2 bridgehead atoms. The largest absolute Gasteiger partial charge is 0.301 e. The Morgan fingerprint density at radius 2 is 1.79 bits per heavy atom. The first-order valence-corrected chi connectivity index (χ1v) is 10.8. The average Bonchev–Trinajstić information content (AvgIpc) is 3.04. The molecule has 2 saturated carbocycles. The highest BCUT2D eigenvalue weighted by atomic mass is 15.3. The molecule has 0 aromatic carbocycles. The van der Waals surface area contributed by atoms with Crippen molar-refractivity contribution in [2.75, 3.05) is 45.8 Å². The van der Waals surface area contributed by atoms with Gasteiger partial charge in [-0.3, -0.25) is 9.80 Å². The van der Waals surface area contributed by atoms with Crippen molar-refractivity contribution in [2.24, 2.45) is 17.3 Å². The number of piperazine rings is 1. The summed E-state index contributed by atoms with van der Waals surface area (Å²) in [7, 11) is 0. The molecule has 4 fully saturated rings. The molecule has 4 rings (SSSR count). The van der Waals surface area contributed by atoms with Gasteiger partial charge in [-0.25, -0.2) is 0 Å². The van der Waals surface area contributed by atoms with Gasteiger partial charge in [-0.05, 0) is 63.2 Å². The van der Waals surface area contributed by atoms with Gasteiger partial charge in [-0.1, -0.05) is 13.3 Å². The number of nitrogens with zero attached hydrogens (tertiary/aromatic N) is 3. The summed E-state index contributed by atoms with van der Waals surface area (Å²) >= 11 is 0. The van der Waals surface area contributed by atoms with Gasteiger partial charge in [-0.2, -0.15) is 0 Å². The predicted molar refractivity (Wildman–Crippen MR) is 101 cm³/mol. The lowest BCUT2D eigenvalue weighted by molar-refractivity contribution is 0.0739. The molecule has 3 heteroatoms. The molecule has 24 heavy (non-hydrogen) atoms. The number of fused-ring (bicyclic) bond motifs is 2. The Hall–Kier alpha value is -0.120. The minimum Gasteiger partial charge on any atom is -0.301 e. The molecule has 138 valence electrons. The van der Waals surface area contributed by atoms with Crippen LogP contribution in [-0.2, 0) is 0 Å². The van der Waals surface area contributed by atoms with Crippen molar-refractivity contribution in [3.05, 3.63) is 0 Å². The van der Waals surface area contributed by atoms with E-state index in [4.69, 9.17) is 0 Å². The third-order valence-electron chi connectivity index (χ3n) is 7.71. The van der Waals surface area contributed by atoms with E-state index in [2.05, 4.69) is 35.5 Å². The zero-order valence-corrected chi connectivity index (χ0v) is 16.3. The molecule has 2 saturated heterocycles. The van der Waals surface area contributed by atoms with Crippen LogP contribution in [0.5, 0.6) is 0 Å². The fraction of sp³-hybridized carbons (Fsp3) is 1.00. The van der Waals surface area contributed by atoms with Gasteiger partial charge >= 0.3 is 0 Å². The van der Waals surface area contributed by atoms with Crippen LogP contribution in [0.25, 0.3) is 0 Å². The van der Waals surface area contributed by atoms with Crippen LogP contribution in [0.3, 0.4) is 0 Å². The lowest BCUT2D eigenvalue weighted by Crippen LogP contribution is -2.51. The van der Waals surface area contributed by atoms with E-state index >= 15 is 0 Å². The first-order valence-electron chi connectivity index (χ1n) is 10.8. The maximum Gasteiger partial charge on any atom is 0.0113 e. The van der Waals surface area contributed by atoms with E-state index < -0.39 is 0 Å². The maximum atomic E-state index is 2.90. The molecule has 2 aliphatic carbocycles. The second kappa shape index (κ2) is 6.89. The summed E-state index contributed by atoms with van der Waals surface area (Å²) in [6, 6.07) is 1.66. The highest BCUT2D eigenvalue weighted by Gasteiger charge is 2.50. The SMILES string of the molecule is CCCC1(CN2C[C@@H]3C[C@H]2C[C@@H]3CN2CCN(C(C)C)CC2)CC1. The molecule has 0 unspecified atom stereocenters. The molecule has 0 amide bonds. The Kier molecular flexibility index (Phi) is 4.96. The van der Waals surface area contributed by atoms with Crippen molar-refractivity contribution in [1.82, 2.24) is 14.7 Å². The van der Waals surface area contributed by atoms with Gasteiger partial charge in [-0.15, -0.1) is 0 Å². The number of piperidine rings is 1. The molecule has 0 aromatic rings. The number of likely N-dealkylation sites (tertiary alicyclic amines) is 1. The van der Waals surface area contributed by atoms with Gasteiger partial charge in [0.25, 0.3) is 0 Å². The normalized spacial score (nSPS) is 36.8. The second-order valence-corrected chi connectivity index (χ2v) is 9.76. The molecule has 4 aliphatic rings. The third kappa shape index (κ3) is 3.54. The molecule has 2 aliphatic heterocycles. The quantitative estimate of drug-likeness (QED) is 0.708. The molecular weight excluding hydrogens is 294 g/mol. The molecule has 0 N–H and O–H groups in total. The first-order chi connectivity index (χ1) is 11.6. The molecule has 0 spiro atoms. The summed E-state index contributed by atoms with van der Waals surface area (Å²) < 4.78 is 0. The number of hydrogen-bond acceptors (Lipinski definition) is 3. The Bertz CT molecular complexity index is 423. The topological polar surface area (TPSA) is 9.72 Å². The van der Waals surface area contributed by atoms with E-state index in [-0.39, 0.29) is 0 Å². The second-order valence-electron chi connectivity index (χ2n) is 9.76. The number of rotatable bonds is 7. The Labute approximate surface area is 149 Å². The van der Waals surface area contributed by atoms with Crippen molar-refractivity contribution in [3.63, 3.8) is 0 Å². The summed E-state index contributed by atoms with van der Waals surface area (Å²) in [5.74, 6) is 2.01. The fourth-order valence-electron chi connectivity index (χ4n) is 5.99. The van der Waals surface area contributed by atoms with E-state index in [9.17, 15) is 0 Å². The molecular formula is C21H39N3. The Balaban J connectivity index is 1.22. The Morgan fingerprint density at radius 1 is 1.04 bits per heavy atom. The third-order valence-corrected chi connectivity index (χ3v) is 7.71. The van der Waals surface area contributed by atoms with Crippen molar-refractivity contribution in [3.8, 4) is 0 Å². The average molecular weight is 334 g/mol. The highest BCUT2D eigenvalue weighted by molar-refractivity contribution is 5.03. The van der Waals surface area contributed by atoms with Gasteiger partial charge in [0.05, 0.1) is 0 Å². The van der Waals surface area contributed by atoms with Crippen molar-refractivity contribution < 1.29 is 0 Å². The van der Waals surface area contributed by atoms with Crippen LogP contribution in [0, 0.1) is 17.3 Å². The summed E-state index contributed by atoms with van der Waals surface area (Å²) in [6.07, 6.45) is 8.89. The van der Waals surface area contributed by atoms with E-state index in [1.54, 1.807) is 0 Å². The van der Waals surface area contributed by atoms with Crippen LogP contribution in [0.1, 0.15) is 59.3 Å². The van der Waals surface area contributed by atoms with Gasteiger partial charge in [0.15, 0.2) is 0 Å². The fourth-order valence-corrected chi connectivity index (χ4v) is 5.99. The monoisotopic (exact) mass is 333 g/mol. The van der Waals surface area contributed by atoms with Gasteiger partial charge in [0.2, 0.25) is 0 Å². The molecule has 0 radical (unpaired) electrons. The van der Waals surface area contributed by atoms with E-state index in [0.29, 0.717) is 0 Å². The van der Waals surface area contributed by atoms with Crippen LogP contribution in [0.4, 0.5) is 0 Å². The minimum absolute atomic E-state index is 0.723. The van der Waals surface area contributed by atoms with Crippen molar-refractivity contribution in [2.45, 2.75) is 71.4 Å². The van der Waals surface area contributed by atoms with Crippen molar-refractivity contribution >= 4 is 0 Å². The van der Waals surface area contributed by atoms with Crippen LogP contribution >= 0.6 is 0 Å². The van der Waals surface area contributed by atoms with Crippen LogP contribution in [0.2, 0.25) is 0 Å². The number of hydrogen-bond donors (Lipinski definition) is 0. The summed E-state index contributed by atoms with van der Waals surface area (Å²) in [4.78, 5) is 8.32. The van der Waals surface area contributed by atoms with Crippen LogP contribution < -0.4 is 0 Å². The summed E-state index contributed by atoms with van der Waals surface area (Å²) in [5.41, 5.74) is 0.752. The van der Waals surface area contributed by atoms with E-state index in [1.807, 2.05) is 0 Å². The molecule has 0 aromatic heterocycles. The van der Waals surface area contributed by atoms with Gasteiger partial charge in [0, 0.05) is 57.9 Å². The van der Waals surface area contributed by atoms with Gasteiger partial charge < -0.3 is 4.90 Å². The zero-order chi connectivity index (χ0) is 16.7. The minimum atomic E-state index is 0.723. The zero-order valence-electron chi connectivity index (χ0n) is 16.3. The molecule has 3 atom stereocenters. The maximum absolute atomic E-state index is 2.90. The standard InChI is InChI=1S/C21H39N3/c1-4-5-21(6-7-21)16-24-15-19-13-20(24)12-18(19)14-22-8-10-23(11-9-22)17(2)3/h17-20H,4-16H2,1-3H3/t18-,19+,20-/m1/s1. The molecule has 3 nitrogen and oxygen atoms in total. The van der Waals surface area contributed by atoms with Gasteiger partial charge in [0.1, 0.15) is 0 Å². The highest BCUT2D eigenvalue weighted by Crippen LogP contribution is 2.53. The Morgan fingerprint density at radius 3 is 2.33 bits per heavy atom. The summed E-state index contributed by atoms with van der Waals surface area (Å²) in [5, 5.41) is 0. The van der Waals surface area contributed by atoms with Crippen LogP contribution in [0.15, 0.2) is 0 Å².